The molecule has 0 amide bonds. The number of phosphoric ester groups is 1. The first-order chi connectivity index (χ1) is 29.0. The van der Waals surface area contributed by atoms with E-state index in [-0.39, 0.29) is 13.0 Å². The number of aliphatic hydroxyl groups excluding tert-OH is 5. The fourth-order valence-electron chi connectivity index (χ4n) is 8.01. The Morgan fingerprint density at radius 2 is 0.783 bits per heavy atom. The second-order valence-corrected chi connectivity index (χ2v) is 19.1. The van der Waals surface area contributed by atoms with Crippen LogP contribution in [0.4, 0.5) is 0 Å². The van der Waals surface area contributed by atoms with Crippen LogP contribution >= 0.6 is 7.82 Å². The van der Waals surface area contributed by atoms with Gasteiger partial charge < -0.3 is 39.9 Å². The molecule has 0 aromatic heterocycles. The van der Waals surface area contributed by atoms with Crippen molar-refractivity contribution in [3.05, 3.63) is 0 Å². The quantitative estimate of drug-likeness (QED) is 0.0193. The lowest BCUT2D eigenvalue weighted by Crippen LogP contribution is -2.64. The molecule has 6 unspecified atom stereocenters. The number of carbonyl (C=O) groups excluding carboxylic acids is 1. The van der Waals surface area contributed by atoms with Gasteiger partial charge in [-0.3, -0.25) is 13.8 Å². The average molecular weight is 881 g/mol. The van der Waals surface area contributed by atoms with Crippen molar-refractivity contribution in [2.45, 2.75) is 275 Å². The topological polar surface area (TPSA) is 192 Å². The summed E-state index contributed by atoms with van der Waals surface area (Å²) >= 11 is 0. The second-order valence-electron chi connectivity index (χ2n) is 17.7. The highest BCUT2D eigenvalue weighted by Gasteiger charge is 2.51. The number of aliphatic hydroxyl groups is 5. The monoisotopic (exact) mass is 881 g/mol. The van der Waals surface area contributed by atoms with Gasteiger partial charge in [0.15, 0.2) is 0 Å². The number of carbonyl (C=O) groups is 1. The number of ether oxygens (including phenoxy) is 2. The summed E-state index contributed by atoms with van der Waals surface area (Å²) in [5.74, 6) is -0.471. The van der Waals surface area contributed by atoms with E-state index in [1.807, 2.05) is 0 Å². The molecule has 0 saturated heterocycles. The smallest absolute Gasteiger partial charge is 0.457 e. The van der Waals surface area contributed by atoms with E-state index >= 15 is 0 Å². The Kier molecular flexibility index (Phi) is 37.1. The Bertz CT molecular complexity index is 1000. The third-order valence-corrected chi connectivity index (χ3v) is 13.0. The Morgan fingerprint density at radius 3 is 1.15 bits per heavy atom. The minimum Gasteiger partial charge on any atom is -0.457 e. The summed E-state index contributed by atoms with van der Waals surface area (Å²) in [7, 11) is -5.01. The lowest BCUT2D eigenvalue weighted by atomic mass is 9.85. The van der Waals surface area contributed by atoms with Crippen LogP contribution in [0, 0.1) is 0 Å². The van der Waals surface area contributed by atoms with Crippen molar-refractivity contribution in [3.63, 3.8) is 0 Å². The molecule has 1 fully saturated rings. The molecule has 1 aliphatic carbocycles. The number of unbranched alkanes of at least 4 members (excludes halogenated alkanes) is 31. The van der Waals surface area contributed by atoms with Gasteiger partial charge in [0.2, 0.25) is 0 Å². The van der Waals surface area contributed by atoms with Crippen LogP contribution in [-0.4, -0.2) is 98.9 Å². The molecule has 6 N–H and O–H groups in total. The number of esters is 1. The van der Waals surface area contributed by atoms with Crippen molar-refractivity contribution in [3.8, 4) is 0 Å². The Labute approximate surface area is 365 Å². The number of rotatable bonds is 43. The predicted molar refractivity (Wildman–Crippen MR) is 240 cm³/mol. The van der Waals surface area contributed by atoms with E-state index in [9.17, 15) is 39.8 Å². The molecule has 1 aliphatic rings. The van der Waals surface area contributed by atoms with Crippen LogP contribution in [0.2, 0.25) is 0 Å². The minimum absolute atomic E-state index is 0.0677. The highest BCUT2D eigenvalue weighted by atomic mass is 31.2. The lowest BCUT2D eigenvalue weighted by molar-refractivity contribution is -0.220. The molecule has 358 valence electrons. The minimum atomic E-state index is -5.01. The summed E-state index contributed by atoms with van der Waals surface area (Å²) in [5.41, 5.74) is 0. The van der Waals surface area contributed by atoms with Gasteiger partial charge in [-0.2, -0.15) is 0 Å². The Hall–Kier alpha value is -0.660. The summed E-state index contributed by atoms with van der Waals surface area (Å²) < 4.78 is 34.2. The van der Waals surface area contributed by atoms with Crippen LogP contribution in [0.5, 0.6) is 0 Å². The van der Waals surface area contributed by atoms with E-state index in [2.05, 4.69) is 13.8 Å². The van der Waals surface area contributed by atoms with Gasteiger partial charge in [0.1, 0.15) is 42.7 Å². The second kappa shape index (κ2) is 38.8. The van der Waals surface area contributed by atoms with Gasteiger partial charge in [0, 0.05) is 13.0 Å². The van der Waals surface area contributed by atoms with Crippen LogP contribution in [0.15, 0.2) is 0 Å². The van der Waals surface area contributed by atoms with Crippen LogP contribution < -0.4 is 0 Å². The zero-order chi connectivity index (χ0) is 44.1. The van der Waals surface area contributed by atoms with E-state index in [1.165, 1.54) is 167 Å². The van der Waals surface area contributed by atoms with Crippen LogP contribution in [0.25, 0.3) is 0 Å². The van der Waals surface area contributed by atoms with E-state index in [0.717, 1.165) is 38.5 Å². The van der Waals surface area contributed by atoms with Crippen molar-refractivity contribution in [1.82, 2.24) is 0 Å². The highest BCUT2D eigenvalue weighted by Crippen LogP contribution is 2.47. The zero-order valence-electron chi connectivity index (χ0n) is 38.3. The van der Waals surface area contributed by atoms with Gasteiger partial charge >= 0.3 is 13.8 Å². The summed E-state index contributed by atoms with van der Waals surface area (Å²) in [4.78, 5) is 23.2. The number of hydrogen-bond donors (Lipinski definition) is 6. The van der Waals surface area contributed by atoms with Crippen molar-refractivity contribution in [2.24, 2.45) is 0 Å². The predicted octanol–water partition coefficient (Wildman–Crippen LogP) is 10.5. The van der Waals surface area contributed by atoms with Crippen molar-refractivity contribution >= 4 is 13.8 Å². The molecule has 0 heterocycles. The van der Waals surface area contributed by atoms with Gasteiger partial charge in [0.05, 0.1) is 13.2 Å². The molecular weight excluding hydrogens is 787 g/mol. The normalized spacial score (nSPS) is 22.2. The van der Waals surface area contributed by atoms with Crippen molar-refractivity contribution in [2.75, 3.05) is 19.8 Å². The fraction of sp³-hybridized carbons (Fsp3) is 0.979. The lowest BCUT2D eigenvalue weighted by Gasteiger charge is -2.41. The molecule has 60 heavy (non-hydrogen) atoms. The first-order valence-electron chi connectivity index (χ1n) is 24.9. The molecule has 0 spiro atoms. The Balaban J connectivity index is 2.32. The first-order valence-corrected chi connectivity index (χ1v) is 26.4. The van der Waals surface area contributed by atoms with Gasteiger partial charge in [-0.05, 0) is 12.8 Å². The summed E-state index contributed by atoms with van der Waals surface area (Å²) in [6.07, 6.45) is 28.9. The van der Waals surface area contributed by atoms with Gasteiger partial charge in [-0.1, -0.05) is 213 Å². The van der Waals surface area contributed by atoms with Crippen LogP contribution in [0.3, 0.4) is 0 Å². The maximum absolute atomic E-state index is 12.8. The molecule has 0 aliphatic heterocycles. The summed E-state index contributed by atoms with van der Waals surface area (Å²) in [5, 5.41) is 50.2. The average Bonchev–Trinajstić information content (AvgIpc) is 3.23. The third-order valence-electron chi connectivity index (χ3n) is 12.0. The van der Waals surface area contributed by atoms with Crippen LogP contribution in [-0.2, 0) is 27.9 Å². The first kappa shape index (κ1) is 57.4. The van der Waals surface area contributed by atoms with Crippen LogP contribution in [0.1, 0.15) is 232 Å². The maximum atomic E-state index is 12.8. The van der Waals surface area contributed by atoms with Gasteiger partial charge in [-0.15, -0.1) is 0 Å². The molecule has 0 aromatic rings. The molecule has 0 radical (unpaired) electrons. The van der Waals surface area contributed by atoms with Crippen molar-refractivity contribution in [1.29, 1.82) is 0 Å². The molecule has 1 rings (SSSR count). The molecule has 13 heteroatoms. The third kappa shape index (κ3) is 30.4. The number of phosphoric acid groups is 1. The van der Waals surface area contributed by atoms with Gasteiger partial charge in [0.25, 0.3) is 0 Å². The molecule has 0 aromatic carbocycles. The van der Waals surface area contributed by atoms with Gasteiger partial charge in [-0.25, -0.2) is 4.57 Å². The number of hydrogen-bond acceptors (Lipinski definition) is 11. The fourth-order valence-corrected chi connectivity index (χ4v) is 8.98. The SMILES string of the molecule is CCCCCCCCCCCCCCCCCCCCCCOC[C@H](COP(=O)(O)OC1C(O)C(O)C(O)[C@@H](O)C1O)OC(=O)CCCCCCCCCCCCCCC. The largest absolute Gasteiger partial charge is 0.472 e. The van der Waals surface area contributed by atoms with Crippen molar-refractivity contribution < 1.29 is 58.3 Å². The Morgan fingerprint density at radius 1 is 0.467 bits per heavy atom. The molecule has 0 bridgehead atoms. The maximum Gasteiger partial charge on any atom is 0.472 e. The zero-order valence-corrected chi connectivity index (χ0v) is 39.2. The van der Waals surface area contributed by atoms with E-state index in [4.69, 9.17) is 18.5 Å². The molecule has 1 saturated carbocycles. The molecule has 8 atom stereocenters. The highest BCUT2D eigenvalue weighted by molar-refractivity contribution is 7.47. The van der Waals surface area contributed by atoms with E-state index in [0.29, 0.717) is 13.0 Å². The summed E-state index contributed by atoms with van der Waals surface area (Å²) in [6, 6.07) is 0. The molecule has 12 nitrogen and oxygen atoms in total. The van der Waals surface area contributed by atoms with E-state index < -0.39 is 63.1 Å². The standard InChI is InChI=1S/C47H93O12P/c1-3-5-7-9-11-13-15-17-18-19-20-21-22-23-25-27-29-31-33-35-37-56-38-40(39-57-60(54,55)59-47-45(52)43(50)42(49)44(51)46(47)53)58-41(48)36-34-32-30-28-26-24-16-14-12-10-8-6-4-2/h40,42-47,49-53H,3-39H2,1-2H3,(H,54,55)/t40-,42?,43-,44?,45?,46?,47?/m1/s1. The summed E-state index contributed by atoms with van der Waals surface area (Å²) in [6.45, 7) is 4.30. The van der Waals surface area contributed by atoms with E-state index in [1.54, 1.807) is 0 Å². The molecular formula is C47H93O12P.